The van der Waals surface area contributed by atoms with Crippen molar-refractivity contribution >= 4 is 71.5 Å². The molecule has 4 nitrogen and oxygen atoms in total. The second-order valence-electron chi connectivity index (χ2n) is 19.5. The molecule has 0 saturated carbocycles. The molecule has 0 atom stereocenters. The maximum atomic E-state index is 6.64. The SMILES string of the molecule is C1=CC2=C(CC1)Oc1ccccc1N2c1ccc2c(-c3cccc(-c4ccc5ccccc5c4)c3)c3cc(N4c5ccccc5Oc5ccccc54)ccc3c(-c3cccc(-c4ccc5ccccc5c4)c3)c2c1. The summed E-state index contributed by atoms with van der Waals surface area (Å²) in [4.78, 5) is 4.76. The van der Waals surface area contributed by atoms with Crippen LogP contribution in [0.15, 0.2) is 266 Å². The van der Waals surface area contributed by atoms with E-state index in [-0.39, 0.29) is 0 Å². The summed E-state index contributed by atoms with van der Waals surface area (Å²) in [6.07, 6.45) is 6.30. The third-order valence-corrected chi connectivity index (χ3v) is 15.2. The van der Waals surface area contributed by atoms with Crippen molar-refractivity contribution in [2.45, 2.75) is 12.8 Å². The Kier molecular flexibility index (Phi) is 9.67. The Labute approximate surface area is 429 Å². The first kappa shape index (κ1) is 42.1. The van der Waals surface area contributed by atoms with E-state index in [0.717, 1.165) is 103 Å². The van der Waals surface area contributed by atoms with Gasteiger partial charge in [-0.1, -0.05) is 164 Å². The van der Waals surface area contributed by atoms with Gasteiger partial charge >= 0.3 is 0 Å². The molecule has 0 spiro atoms. The van der Waals surface area contributed by atoms with E-state index >= 15 is 0 Å². The molecule has 0 unspecified atom stereocenters. The van der Waals surface area contributed by atoms with E-state index in [1.165, 1.54) is 54.9 Å². The number of ether oxygens (including phenoxy) is 2. The highest BCUT2D eigenvalue weighted by atomic mass is 16.5. The topological polar surface area (TPSA) is 24.9 Å². The summed E-state index contributed by atoms with van der Waals surface area (Å²) in [5, 5.41) is 9.55. The highest BCUT2D eigenvalue weighted by Gasteiger charge is 2.30. The molecule has 15 rings (SSSR count). The average Bonchev–Trinajstić information content (AvgIpc) is 3.48. The molecule has 3 aliphatic rings. The zero-order valence-corrected chi connectivity index (χ0v) is 40.4. The van der Waals surface area contributed by atoms with E-state index in [2.05, 4.69) is 252 Å². The van der Waals surface area contributed by atoms with Crippen LogP contribution in [-0.2, 0) is 0 Å². The lowest BCUT2D eigenvalue weighted by atomic mass is 9.84. The summed E-state index contributed by atoms with van der Waals surface area (Å²) >= 11 is 0. The summed E-state index contributed by atoms with van der Waals surface area (Å²) in [6.45, 7) is 0. The maximum absolute atomic E-state index is 6.64. The van der Waals surface area contributed by atoms with Crippen molar-refractivity contribution < 1.29 is 9.47 Å². The fraction of sp³-hybridized carbons (Fsp3) is 0.0286. The number of nitrogens with zero attached hydrogens (tertiary/aromatic N) is 2. The first-order valence-electron chi connectivity index (χ1n) is 25.5. The fourth-order valence-electron chi connectivity index (χ4n) is 11.7. The van der Waals surface area contributed by atoms with Crippen LogP contribution in [0.1, 0.15) is 12.8 Å². The zero-order valence-electron chi connectivity index (χ0n) is 40.4. The maximum Gasteiger partial charge on any atom is 0.151 e. The Bertz CT molecular complexity index is 4310. The zero-order chi connectivity index (χ0) is 48.7. The molecule has 0 aromatic heterocycles. The molecule has 0 saturated heterocycles. The van der Waals surface area contributed by atoms with Crippen molar-refractivity contribution in [3.05, 3.63) is 266 Å². The third-order valence-electron chi connectivity index (χ3n) is 15.2. The van der Waals surface area contributed by atoms with Crippen molar-refractivity contribution in [2.75, 3.05) is 9.80 Å². The third kappa shape index (κ3) is 6.91. The lowest BCUT2D eigenvalue weighted by molar-refractivity contribution is 0.388. The monoisotopic (exact) mass is 946 g/mol. The highest BCUT2D eigenvalue weighted by molar-refractivity contribution is 6.23. The number of anilines is 5. The van der Waals surface area contributed by atoms with Crippen LogP contribution in [0.5, 0.6) is 17.2 Å². The Morgan fingerprint density at radius 3 is 1.31 bits per heavy atom. The van der Waals surface area contributed by atoms with Gasteiger partial charge in [-0.05, 0) is 185 Å². The Morgan fingerprint density at radius 1 is 0.311 bits per heavy atom. The molecular weight excluding hydrogens is 901 g/mol. The van der Waals surface area contributed by atoms with Gasteiger partial charge < -0.3 is 19.3 Å². The van der Waals surface area contributed by atoms with E-state index in [1.54, 1.807) is 0 Å². The number of hydrogen-bond acceptors (Lipinski definition) is 4. The molecule has 0 fully saturated rings. The van der Waals surface area contributed by atoms with E-state index < -0.39 is 0 Å². The minimum Gasteiger partial charge on any atom is -0.457 e. The van der Waals surface area contributed by atoms with Crippen LogP contribution in [0.25, 0.3) is 87.6 Å². The van der Waals surface area contributed by atoms with Crippen molar-refractivity contribution in [1.82, 2.24) is 0 Å². The van der Waals surface area contributed by atoms with Gasteiger partial charge in [-0.3, -0.25) is 0 Å². The molecule has 0 N–H and O–H groups in total. The van der Waals surface area contributed by atoms with Crippen molar-refractivity contribution in [2.24, 2.45) is 0 Å². The molecule has 348 valence electrons. The molecule has 2 heterocycles. The largest absolute Gasteiger partial charge is 0.457 e. The van der Waals surface area contributed by atoms with Crippen molar-refractivity contribution in [1.29, 1.82) is 0 Å². The molecule has 0 amide bonds. The quantitative estimate of drug-likeness (QED) is 0.155. The van der Waals surface area contributed by atoms with Crippen LogP contribution >= 0.6 is 0 Å². The summed E-state index contributed by atoms with van der Waals surface area (Å²) in [7, 11) is 0. The van der Waals surface area contributed by atoms with Crippen LogP contribution in [-0.4, -0.2) is 0 Å². The minimum absolute atomic E-state index is 0.822. The fourth-order valence-corrected chi connectivity index (χ4v) is 11.7. The molecule has 0 bridgehead atoms. The lowest BCUT2D eigenvalue weighted by Gasteiger charge is -2.35. The highest BCUT2D eigenvalue weighted by Crippen LogP contribution is 2.54. The van der Waals surface area contributed by atoms with Crippen LogP contribution in [0.3, 0.4) is 0 Å². The molecule has 2 aliphatic heterocycles. The van der Waals surface area contributed by atoms with Gasteiger partial charge in [-0.25, -0.2) is 0 Å². The predicted octanol–water partition coefficient (Wildman–Crippen LogP) is 19.6. The van der Waals surface area contributed by atoms with Crippen LogP contribution in [0, 0.1) is 0 Å². The first-order chi connectivity index (χ1) is 36.7. The number of hydrogen-bond donors (Lipinski definition) is 0. The van der Waals surface area contributed by atoms with E-state index in [1.807, 2.05) is 12.1 Å². The summed E-state index contributed by atoms with van der Waals surface area (Å²) < 4.78 is 13.2. The van der Waals surface area contributed by atoms with Gasteiger partial charge in [0.25, 0.3) is 0 Å². The summed E-state index contributed by atoms with van der Waals surface area (Å²) in [6, 6.07) is 88.5. The summed E-state index contributed by atoms with van der Waals surface area (Å²) in [5.74, 6) is 3.51. The minimum atomic E-state index is 0.822. The first-order valence-corrected chi connectivity index (χ1v) is 25.5. The van der Waals surface area contributed by atoms with Crippen LogP contribution in [0.2, 0.25) is 0 Å². The van der Waals surface area contributed by atoms with Gasteiger partial charge in [0.2, 0.25) is 0 Å². The van der Waals surface area contributed by atoms with Crippen molar-refractivity contribution in [3.8, 4) is 61.8 Å². The molecule has 1 aliphatic carbocycles. The normalized spacial score (nSPS) is 13.6. The van der Waals surface area contributed by atoms with Gasteiger partial charge in [0.05, 0.1) is 22.8 Å². The van der Waals surface area contributed by atoms with Crippen molar-refractivity contribution in [3.63, 3.8) is 0 Å². The molecule has 12 aromatic carbocycles. The predicted molar refractivity (Wildman–Crippen MR) is 308 cm³/mol. The molecule has 74 heavy (non-hydrogen) atoms. The van der Waals surface area contributed by atoms with E-state index in [4.69, 9.17) is 9.47 Å². The van der Waals surface area contributed by atoms with Crippen LogP contribution < -0.4 is 19.3 Å². The van der Waals surface area contributed by atoms with E-state index in [9.17, 15) is 0 Å². The number of fused-ring (bicyclic) bond motifs is 7. The number of allylic oxidation sites excluding steroid dienone is 3. The second kappa shape index (κ2) is 17.0. The van der Waals surface area contributed by atoms with Gasteiger partial charge in [0.15, 0.2) is 17.2 Å². The average molecular weight is 947 g/mol. The second-order valence-corrected chi connectivity index (χ2v) is 19.5. The van der Waals surface area contributed by atoms with E-state index in [0.29, 0.717) is 0 Å². The molecule has 0 radical (unpaired) electrons. The lowest BCUT2D eigenvalue weighted by Crippen LogP contribution is -2.24. The number of para-hydroxylation sites is 6. The Balaban J connectivity index is 1.03. The smallest absolute Gasteiger partial charge is 0.151 e. The summed E-state index contributed by atoms with van der Waals surface area (Å²) in [5.41, 5.74) is 15.6. The van der Waals surface area contributed by atoms with Gasteiger partial charge in [0, 0.05) is 17.8 Å². The molecule has 12 aromatic rings. The van der Waals surface area contributed by atoms with Gasteiger partial charge in [-0.15, -0.1) is 0 Å². The van der Waals surface area contributed by atoms with Gasteiger partial charge in [0.1, 0.15) is 5.76 Å². The number of benzene rings is 12. The number of rotatable bonds is 6. The van der Waals surface area contributed by atoms with Crippen LogP contribution in [0.4, 0.5) is 28.4 Å². The van der Waals surface area contributed by atoms with Gasteiger partial charge in [-0.2, -0.15) is 0 Å². The standard InChI is InChI=1S/C70H46N2O2/c1-3-17-47-39-51(33-31-45(47)15-1)49-19-13-21-53(41-49)69-57-37-35-56(72-63-25-7-11-29-67(63)74-68-30-12-8-26-64(68)72)44-60(57)70(54-22-14-20-50(42-54)52-34-32-46-16-2-4-18-48(46)40-52)58-38-36-55(43-59(58)69)71-61-23-5-9-27-65(61)73-66-28-10-6-24-62(66)71/h1-11,13-29,31-44H,12,30H2. The Morgan fingerprint density at radius 2 is 0.757 bits per heavy atom. The molecular formula is C70H46N2O2. The molecule has 4 heteroatoms. The Hall–Kier alpha value is -9.64.